The van der Waals surface area contributed by atoms with Gasteiger partial charge in [-0.2, -0.15) is 5.10 Å². The van der Waals surface area contributed by atoms with Crippen molar-refractivity contribution in [3.8, 4) is 5.75 Å². The summed E-state index contributed by atoms with van der Waals surface area (Å²) in [5, 5.41) is 3.16. The Hall–Kier alpha value is -2.25. The summed E-state index contributed by atoms with van der Waals surface area (Å²) >= 11 is 0. The molecule has 0 atom stereocenters. The maximum atomic E-state index is 13.5. The van der Waals surface area contributed by atoms with Gasteiger partial charge in [0.25, 0.3) is 0 Å². The second kappa shape index (κ2) is 5.19. The summed E-state index contributed by atoms with van der Waals surface area (Å²) in [6.07, 6.45) is 0.650. The number of ether oxygens (including phenoxy) is 1. The number of halogens is 3. The molecule has 1 aromatic carbocycles. The van der Waals surface area contributed by atoms with E-state index >= 15 is 0 Å². The summed E-state index contributed by atoms with van der Waals surface area (Å²) in [5.41, 5.74) is 5.76. The molecule has 0 saturated carbocycles. The smallest absolute Gasteiger partial charge is 0.332 e. The van der Waals surface area contributed by atoms with E-state index < -0.39 is 34.8 Å². The molecule has 0 spiro atoms. The fourth-order valence-electron chi connectivity index (χ4n) is 1.05. The van der Waals surface area contributed by atoms with E-state index in [1.54, 1.807) is 5.43 Å². The van der Waals surface area contributed by atoms with Crippen LogP contribution in [0.5, 0.6) is 5.75 Å². The number of urea groups is 1. The molecule has 17 heavy (non-hydrogen) atoms. The molecule has 0 bridgehead atoms. The van der Waals surface area contributed by atoms with Crippen LogP contribution in [0.3, 0.4) is 0 Å². The number of carbonyl (C=O) groups is 1. The third-order valence-corrected chi connectivity index (χ3v) is 1.74. The van der Waals surface area contributed by atoms with Gasteiger partial charge in [0.15, 0.2) is 17.4 Å². The zero-order valence-corrected chi connectivity index (χ0v) is 8.63. The number of amides is 2. The van der Waals surface area contributed by atoms with Crippen LogP contribution in [-0.4, -0.2) is 19.4 Å². The molecule has 0 aliphatic heterocycles. The minimum Gasteiger partial charge on any atom is -0.491 e. The lowest BCUT2D eigenvalue weighted by Crippen LogP contribution is -2.24. The van der Waals surface area contributed by atoms with Crippen LogP contribution in [0.2, 0.25) is 0 Å². The van der Waals surface area contributed by atoms with Crippen molar-refractivity contribution in [2.75, 3.05) is 7.11 Å². The third kappa shape index (κ3) is 2.86. The molecule has 0 heterocycles. The van der Waals surface area contributed by atoms with Gasteiger partial charge in [0.2, 0.25) is 0 Å². The van der Waals surface area contributed by atoms with Crippen molar-refractivity contribution in [3.05, 3.63) is 29.1 Å². The molecular weight excluding hydrogens is 239 g/mol. The first-order chi connectivity index (χ1) is 7.97. The van der Waals surface area contributed by atoms with Gasteiger partial charge in [-0.05, 0) is 0 Å². The zero-order chi connectivity index (χ0) is 13.0. The molecule has 3 N–H and O–H groups in total. The Balaban J connectivity index is 3.15. The Labute approximate surface area is 94.1 Å². The molecule has 92 valence electrons. The number of carbonyl (C=O) groups excluding carboxylic acids is 1. The highest BCUT2D eigenvalue weighted by atomic mass is 19.1. The largest absolute Gasteiger partial charge is 0.491 e. The lowest BCUT2D eigenvalue weighted by molar-refractivity contribution is 0.249. The zero-order valence-electron chi connectivity index (χ0n) is 8.63. The lowest BCUT2D eigenvalue weighted by Gasteiger charge is -2.06. The maximum absolute atomic E-state index is 13.5. The van der Waals surface area contributed by atoms with E-state index in [0.29, 0.717) is 12.3 Å². The number of nitrogens with two attached hydrogens (primary N) is 1. The van der Waals surface area contributed by atoms with Crippen molar-refractivity contribution < 1.29 is 22.7 Å². The number of primary amides is 1. The molecule has 1 aromatic rings. The number of methoxy groups -OCH3 is 1. The van der Waals surface area contributed by atoms with Gasteiger partial charge >= 0.3 is 6.03 Å². The first-order valence-corrected chi connectivity index (χ1v) is 4.27. The summed E-state index contributed by atoms with van der Waals surface area (Å²) in [6, 6.07) is -0.566. The lowest BCUT2D eigenvalue weighted by atomic mass is 10.2. The molecule has 8 heteroatoms. The Morgan fingerprint density at radius 1 is 1.47 bits per heavy atom. The third-order valence-electron chi connectivity index (χ3n) is 1.74. The van der Waals surface area contributed by atoms with E-state index in [9.17, 15) is 18.0 Å². The molecule has 0 radical (unpaired) electrons. The van der Waals surface area contributed by atoms with Gasteiger partial charge < -0.3 is 10.5 Å². The molecule has 0 saturated heterocycles. The average molecular weight is 247 g/mol. The van der Waals surface area contributed by atoms with Crippen LogP contribution in [0.1, 0.15) is 5.56 Å². The fraction of sp³-hybridized carbons (Fsp3) is 0.111. The van der Waals surface area contributed by atoms with Crippen molar-refractivity contribution in [2.24, 2.45) is 10.8 Å². The van der Waals surface area contributed by atoms with Crippen molar-refractivity contribution >= 4 is 12.2 Å². The summed E-state index contributed by atoms with van der Waals surface area (Å²) in [6.45, 7) is 0. The Morgan fingerprint density at radius 3 is 2.65 bits per heavy atom. The van der Waals surface area contributed by atoms with Crippen LogP contribution in [0.15, 0.2) is 11.2 Å². The second-order valence-electron chi connectivity index (χ2n) is 2.84. The first-order valence-electron chi connectivity index (χ1n) is 4.27. The number of nitrogens with one attached hydrogen (secondary N) is 1. The van der Waals surface area contributed by atoms with E-state index in [2.05, 4.69) is 15.6 Å². The molecule has 0 aromatic heterocycles. The highest BCUT2D eigenvalue weighted by Gasteiger charge is 2.18. The number of benzene rings is 1. The first kappa shape index (κ1) is 12.8. The van der Waals surface area contributed by atoms with E-state index in [1.807, 2.05) is 0 Å². The van der Waals surface area contributed by atoms with E-state index in [4.69, 9.17) is 0 Å². The minimum atomic E-state index is -1.26. The predicted molar refractivity (Wildman–Crippen MR) is 53.2 cm³/mol. The molecule has 0 fully saturated rings. The predicted octanol–water partition coefficient (Wildman–Crippen LogP) is 1.11. The van der Waals surface area contributed by atoms with Crippen molar-refractivity contribution in [2.45, 2.75) is 0 Å². The topological polar surface area (TPSA) is 76.7 Å². The van der Waals surface area contributed by atoms with Gasteiger partial charge in [-0.3, -0.25) is 0 Å². The van der Waals surface area contributed by atoms with E-state index in [1.165, 1.54) is 0 Å². The van der Waals surface area contributed by atoms with E-state index in [-0.39, 0.29) is 0 Å². The van der Waals surface area contributed by atoms with Crippen molar-refractivity contribution in [1.82, 2.24) is 5.43 Å². The maximum Gasteiger partial charge on any atom is 0.332 e. The van der Waals surface area contributed by atoms with Crippen LogP contribution in [0, 0.1) is 17.5 Å². The quantitative estimate of drug-likeness (QED) is 0.620. The normalized spacial score (nSPS) is 10.6. The number of hydrogen-bond acceptors (Lipinski definition) is 3. The van der Waals surface area contributed by atoms with Crippen LogP contribution in [-0.2, 0) is 0 Å². The van der Waals surface area contributed by atoms with Gasteiger partial charge in [0.1, 0.15) is 5.82 Å². The number of hydrogen-bond donors (Lipinski definition) is 2. The Kier molecular flexibility index (Phi) is 3.91. The number of hydrazone groups is 1. The number of nitrogens with zero attached hydrogens (tertiary/aromatic N) is 1. The molecule has 5 nitrogen and oxygen atoms in total. The van der Waals surface area contributed by atoms with Gasteiger partial charge in [-0.15, -0.1) is 0 Å². The van der Waals surface area contributed by atoms with Crippen LogP contribution >= 0.6 is 0 Å². The number of rotatable bonds is 3. The van der Waals surface area contributed by atoms with Crippen molar-refractivity contribution in [1.29, 1.82) is 0 Å². The Morgan fingerprint density at radius 2 is 2.12 bits per heavy atom. The van der Waals surface area contributed by atoms with E-state index in [0.717, 1.165) is 7.11 Å². The van der Waals surface area contributed by atoms with Crippen LogP contribution < -0.4 is 15.9 Å². The molecule has 0 aliphatic rings. The Bertz CT molecular complexity index is 477. The summed E-state index contributed by atoms with van der Waals surface area (Å²) in [4.78, 5) is 10.3. The second-order valence-corrected chi connectivity index (χ2v) is 2.84. The van der Waals surface area contributed by atoms with Crippen molar-refractivity contribution in [3.63, 3.8) is 0 Å². The molecule has 1 rings (SSSR count). The average Bonchev–Trinajstić information content (AvgIpc) is 2.22. The van der Waals surface area contributed by atoms with Gasteiger partial charge in [0.05, 0.1) is 18.9 Å². The summed E-state index contributed by atoms with van der Waals surface area (Å²) in [5.74, 6) is -4.37. The summed E-state index contributed by atoms with van der Waals surface area (Å²) < 4.78 is 44.1. The fourth-order valence-corrected chi connectivity index (χ4v) is 1.05. The highest BCUT2D eigenvalue weighted by molar-refractivity contribution is 5.82. The van der Waals surface area contributed by atoms with Gasteiger partial charge in [-0.25, -0.2) is 23.4 Å². The SMILES string of the molecule is COc1c(F)cc(F)c(C=NNC(N)=O)c1F. The van der Waals surface area contributed by atoms with Crippen LogP contribution in [0.4, 0.5) is 18.0 Å². The summed E-state index contributed by atoms with van der Waals surface area (Å²) in [7, 11) is 1.03. The molecule has 0 unspecified atom stereocenters. The molecule has 2 amide bonds. The van der Waals surface area contributed by atoms with Crippen LogP contribution in [0.25, 0.3) is 0 Å². The van der Waals surface area contributed by atoms with Gasteiger partial charge in [0, 0.05) is 6.07 Å². The minimum absolute atomic E-state index is 0.438. The monoisotopic (exact) mass is 247 g/mol. The highest BCUT2D eigenvalue weighted by Crippen LogP contribution is 2.25. The molecule has 0 aliphatic carbocycles. The molecular formula is C9H8F3N3O2. The van der Waals surface area contributed by atoms with Gasteiger partial charge in [-0.1, -0.05) is 0 Å². The standard InChI is InChI=1S/C9H8F3N3O2/c1-17-8-6(11)2-5(10)4(7(8)12)3-14-15-9(13)16/h2-3H,1H3,(H3,13,15,16).